The lowest BCUT2D eigenvalue weighted by Crippen LogP contribution is -2.43. The van der Waals surface area contributed by atoms with Gasteiger partial charge in [0.15, 0.2) is 9.84 Å². The molecule has 1 amide bonds. The molecule has 2 heterocycles. The van der Waals surface area contributed by atoms with E-state index in [1.165, 1.54) is 22.5 Å². The molecule has 0 spiro atoms. The summed E-state index contributed by atoms with van der Waals surface area (Å²) in [7, 11) is -7.61. The van der Waals surface area contributed by atoms with Gasteiger partial charge in [-0.3, -0.25) is 4.79 Å². The molecule has 16 heteroatoms. The molecular weight excluding hydrogens is 614 g/mol. The third-order valence-electron chi connectivity index (χ3n) is 7.50. The average Bonchev–Trinajstić information content (AvgIpc) is 3.44. The molecule has 2 aliphatic rings. The molecule has 2 fully saturated rings. The summed E-state index contributed by atoms with van der Waals surface area (Å²) < 4.78 is 135. The van der Waals surface area contributed by atoms with Gasteiger partial charge in [-0.1, -0.05) is 6.07 Å². The molecule has 1 unspecified atom stereocenters. The van der Waals surface area contributed by atoms with Gasteiger partial charge in [-0.25, -0.2) is 16.8 Å². The van der Waals surface area contributed by atoms with Crippen LogP contribution in [-0.4, -0.2) is 69.5 Å². The molecule has 4 rings (SSSR count). The van der Waals surface area contributed by atoms with Crippen LogP contribution in [0.5, 0.6) is 5.75 Å². The third kappa shape index (κ3) is 6.54. The molecule has 2 aliphatic heterocycles. The molecule has 0 radical (unpaired) electrons. The zero-order valence-corrected chi connectivity index (χ0v) is 24.1. The minimum absolute atomic E-state index is 0.0782. The number of piperidine rings is 1. The Morgan fingerprint density at radius 3 is 2.12 bits per heavy atom. The molecule has 232 valence electrons. The van der Waals surface area contributed by atoms with Gasteiger partial charge in [-0.15, -0.1) is 0 Å². The number of sulfone groups is 1. The van der Waals surface area contributed by atoms with Gasteiger partial charge in [-0.05, 0) is 69.0 Å². The lowest BCUT2D eigenvalue weighted by atomic mass is 10.0. The maximum atomic E-state index is 13.3. The second kappa shape index (κ2) is 11.0. The summed E-state index contributed by atoms with van der Waals surface area (Å²) in [5, 5.41) is 0. The van der Waals surface area contributed by atoms with E-state index in [1.54, 1.807) is 11.8 Å². The van der Waals surface area contributed by atoms with Crippen LogP contribution < -0.4 is 4.74 Å². The molecule has 8 nitrogen and oxygen atoms in total. The number of benzene rings is 2. The van der Waals surface area contributed by atoms with Crippen LogP contribution in [0.1, 0.15) is 43.7 Å². The number of hydrogen-bond donors (Lipinski definition) is 0. The van der Waals surface area contributed by atoms with Crippen molar-refractivity contribution in [1.29, 1.82) is 0 Å². The number of sulfonamides is 1. The van der Waals surface area contributed by atoms with Crippen LogP contribution in [0.3, 0.4) is 0 Å². The average molecular weight is 643 g/mol. The summed E-state index contributed by atoms with van der Waals surface area (Å²) in [6.07, 6.45) is -7.94. The van der Waals surface area contributed by atoms with Crippen LogP contribution in [0, 0.1) is 0 Å². The first-order valence-electron chi connectivity index (χ1n) is 12.8. The maximum Gasteiger partial charge on any atom is 0.419 e. The number of alkyl halides is 6. The second-order valence-corrected chi connectivity index (χ2v) is 14.4. The van der Waals surface area contributed by atoms with Crippen LogP contribution in [0.25, 0.3) is 0 Å². The summed E-state index contributed by atoms with van der Waals surface area (Å²) in [5.41, 5.74) is -3.58. The highest BCUT2D eigenvalue weighted by molar-refractivity contribution is 7.91. The standard InChI is InChI=1S/C26H28F6N2O6S2/c1-24(11-4-14-40-22-15-17(25(27,28)29)7-8-21(22)26(30,31)32)23(35)34(24)18-9-12-33(13-10-18)42(38,39)20-6-3-5-19(16-20)41(2,36)37/h3,5-8,15-16,18H,4,9-14H2,1-2H3. The van der Waals surface area contributed by atoms with Crippen molar-refractivity contribution in [3.63, 3.8) is 0 Å². The van der Waals surface area contributed by atoms with E-state index in [1.807, 2.05) is 0 Å². The fourth-order valence-corrected chi connectivity index (χ4v) is 7.42. The Morgan fingerprint density at radius 2 is 1.55 bits per heavy atom. The highest BCUT2D eigenvalue weighted by Crippen LogP contribution is 2.44. The Morgan fingerprint density at radius 1 is 0.929 bits per heavy atom. The van der Waals surface area contributed by atoms with E-state index in [-0.39, 0.29) is 54.3 Å². The number of carbonyl (C=O) groups excluding carboxylic acids is 1. The summed E-state index contributed by atoms with van der Waals surface area (Å²) in [6.45, 7) is 1.44. The molecule has 2 saturated heterocycles. The molecular formula is C26H28F6N2O6S2. The van der Waals surface area contributed by atoms with Crippen LogP contribution in [-0.2, 0) is 37.0 Å². The second-order valence-electron chi connectivity index (χ2n) is 10.5. The molecule has 2 aromatic rings. The number of amides is 1. The van der Waals surface area contributed by atoms with Crippen molar-refractivity contribution in [2.24, 2.45) is 0 Å². The topological polar surface area (TPSA) is 101 Å². The predicted octanol–water partition coefficient (Wildman–Crippen LogP) is 4.74. The Balaban J connectivity index is 1.34. The Kier molecular flexibility index (Phi) is 8.41. The highest BCUT2D eigenvalue weighted by atomic mass is 32.2. The van der Waals surface area contributed by atoms with E-state index in [9.17, 15) is 48.0 Å². The minimum Gasteiger partial charge on any atom is -0.493 e. The highest BCUT2D eigenvalue weighted by Gasteiger charge is 2.60. The largest absolute Gasteiger partial charge is 0.493 e. The monoisotopic (exact) mass is 642 g/mol. The van der Waals surface area contributed by atoms with Crippen molar-refractivity contribution in [3.8, 4) is 5.75 Å². The van der Waals surface area contributed by atoms with Gasteiger partial charge in [-0.2, -0.15) is 30.6 Å². The van der Waals surface area contributed by atoms with E-state index < -0.39 is 54.6 Å². The van der Waals surface area contributed by atoms with Crippen LogP contribution in [0.15, 0.2) is 52.3 Å². The van der Waals surface area contributed by atoms with E-state index in [0.29, 0.717) is 31.0 Å². The van der Waals surface area contributed by atoms with Crippen molar-refractivity contribution < 1.29 is 52.7 Å². The van der Waals surface area contributed by atoms with Crippen molar-refractivity contribution in [3.05, 3.63) is 53.6 Å². The summed E-state index contributed by atoms with van der Waals surface area (Å²) in [6, 6.07) is 5.71. The third-order valence-corrected chi connectivity index (χ3v) is 10.5. The van der Waals surface area contributed by atoms with Crippen molar-refractivity contribution in [1.82, 2.24) is 9.21 Å². The minimum atomic E-state index is -4.92. The molecule has 0 aromatic heterocycles. The summed E-state index contributed by atoms with van der Waals surface area (Å²) in [5.74, 6) is -1.17. The first-order valence-corrected chi connectivity index (χ1v) is 16.1. The zero-order chi connectivity index (χ0) is 31.3. The Hall–Kier alpha value is -2.85. The molecule has 42 heavy (non-hydrogen) atoms. The SMILES string of the molecule is CC1(CCCOc2cc(C(F)(F)F)ccc2C(F)(F)F)C(=O)N1C1CCN(S(=O)(=O)c2cccc(S(C)(=O)=O)c2)CC1. The van der Waals surface area contributed by atoms with E-state index in [0.717, 1.165) is 12.3 Å². The molecule has 1 atom stereocenters. The van der Waals surface area contributed by atoms with Crippen molar-refractivity contribution in [2.45, 2.75) is 66.3 Å². The van der Waals surface area contributed by atoms with Crippen LogP contribution in [0.4, 0.5) is 26.3 Å². The van der Waals surface area contributed by atoms with Crippen LogP contribution >= 0.6 is 0 Å². The van der Waals surface area contributed by atoms with Gasteiger partial charge in [0.05, 0.1) is 27.5 Å². The molecule has 0 N–H and O–H groups in total. The van der Waals surface area contributed by atoms with E-state index in [2.05, 4.69) is 0 Å². The van der Waals surface area contributed by atoms with Gasteiger partial charge in [0, 0.05) is 25.4 Å². The first-order chi connectivity index (χ1) is 19.3. The summed E-state index contributed by atoms with van der Waals surface area (Å²) >= 11 is 0. The molecule has 0 aliphatic carbocycles. The predicted molar refractivity (Wildman–Crippen MR) is 138 cm³/mol. The van der Waals surface area contributed by atoms with Crippen molar-refractivity contribution in [2.75, 3.05) is 26.0 Å². The normalized spacial score (nSPS) is 21.0. The quantitative estimate of drug-likeness (QED) is 0.223. The van der Waals surface area contributed by atoms with Crippen LogP contribution in [0.2, 0.25) is 0 Å². The number of halogens is 6. The van der Waals surface area contributed by atoms with Gasteiger partial charge in [0.1, 0.15) is 11.3 Å². The number of rotatable bonds is 9. The van der Waals surface area contributed by atoms with Gasteiger partial charge in [0.2, 0.25) is 15.9 Å². The molecule has 0 bridgehead atoms. The number of nitrogens with zero attached hydrogens (tertiary/aromatic N) is 2. The first kappa shape index (κ1) is 32.1. The Labute approximate surface area is 239 Å². The van der Waals surface area contributed by atoms with E-state index in [4.69, 9.17) is 4.74 Å². The van der Waals surface area contributed by atoms with Crippen molar-refractivity contribution >= 4 is 25.8 Å². The van der Waals surface area contributed by atoms with Gasteiger partial charge in [0.25, 0.3) is 0 Å². The van der Waals surface area contributed by atoms with E-state index >= 15 is 0 Å². The van der Waals surface area contributed by atoms with Gasteiger partial charge < -0.3 is 9.64 Å². The number of hydrogen-bond acceptors (Lipinski definition) is 6. The smallest absolute Gasteiger partial charge is 0.419 e. The maximum absolute atomic E-state index is 13.3. The fourth-order valence-electron chi connectivity index (χ4n) is 5.16. The molecule has 2 aromatic carbocycles. The lowest BCUT2D eigenvalue weighted by molar-refractivity contribution is -0.142. The Bertz CT molecular complexity index is 1570. The fraction of sp³-hybridized carbons (Fsp3) is 0.500. The zero-order valence-electron chi connectivity index (χ0n) is 22.5. The number of carbonyl (C=O) groups is 1. The lowest BCUT2D eigenvalue weighted by Gasteiger charge is -2.33. The molecule has 0 saturated carbocycles. The summed E-state index contributed by atoms with van der Waals surface area (Å²) in [4.78, 5) is 14.0. The number of ether oxygens (including phenoxy) is 1. The van der Waals surface area contributed by atoms with Gasteiger partial charge >= 0.3 is 12.4 Å².